The van der Waals surface area contributed by atoms with E-state index in [1.54, 1.807) is 24.0 Å². The molecule has 2 rings (SSSR count). The molecule has 0 unspecified atom stereocenters. The summed E-state index contributed by atoms with van der Waals surface area (Å²) in [4.78, 5) is 4.14. The Morgan fingerprint density at radius 2 is 2.15 bits per heavy atom. The second-order valence-corrected chi connectivity index (χ2v) is 6.83. The van der Waals surface area contributed by atoms with Crippen LogP contribution < -0.4 is 5.73 Å². The van der Waals surface area contributed by atoms with Gasteiger partial charge >= 0.3 is 0 Å². The van der Waals surface area contributed by atoms with Crippen LogP contribution in [0.15, 0.2) is 35.5 Å². The first-order chi connectivity index (χ1) is 9.32. The summed E-state index contributed by atoms with van der Waals surface area (Å²) in [5, 5.41) is 0.108. The Bertz CT molecular complexity index is 727. The highest BCUT2D eigenvalue weighted by Gasteiger charge is 2.24. The largest absolute Gasteiger partial charge is 0.399 e. The quantitative estimate of drug-likeness (QED) is 0.867. The molecule has 8 heteroatoms. The third-order valence-electron chi connectivity index (χ3n) is 2.93. The van der Waals surface area contributed by atoms with E-state index in [1.165, 1.54) is 29.6 Å². The standard InChI is InChI=1S/C12H15ClN4O2S/c1-16-6-5-15-12(16)8-17(2)20(18,19)11-4-3-9(14)7-10(11)13/h3-7H,8,14H2,1-2H3. The summed E-state index contributed by atoms with van der Waals surface area (Å²) in [6.07, 6.45) is 3.37. The zero-order valence-corrected chi connectivity index (χ0v) is 12.7. The first-order valence-corrected chi connectivity index (χ1v) is 7.61. The van der Waals surface area contributed by atoms with Crippen LogP contribution in [-0.2, 0) is 23.6 Å². The van der Waals surface area contributed by atoms with Crippen LogP contribution in [0, 0.1) is 0 Å². The molecule has 1 aromatic heterocycles. The third-order valence-corrected chi connectivity index (χ3v) is 5.22. The van der Waals surface area contributed by atoms with E-state index in [0.717, 1.165) is 0 Å². The van der Waals surface area contributed by atoms with Crippen molar-refractivity contribution in [3.05, 3.63) is 41.4 Å². The minimum Gasteiger partial charge on any atom is -0.399 e. The molecular formula is C12H15ClN4O2S. The van der Waals surface area contributed by atoms with Crippen LogP contribution in [0.1, 0.15) is 5.82 Å². The molecule has 6 nitrogen and oxygen atoms in total. The maximum absolute atomic E-state index is 12.5. The van der Waals surface area contributed by atoms with Gasteiger partial charge in [-0.25, -0.2) is 13.4 Å². The molecule has 0 atom stereocenters. The fourth-order valence-electron chi connectivity index (χ4n) is 1.73. The number of benzene rings is 1. The van der Waals surface area contributed by atoms with Crippen LogP contribution in [0.4, 0.5) is 5.69 Å². The van der Waals surface area contributed by atoms with E-state index in [-0.39, 0.29) is 16.5 Å². The lowest BCUT2D eigenvalue weighted by atomic mass is 10.3. The van der Waals surface area contributed by atoms with E-state index < -0.39 is 10.0 Å². The first kappa shape index (κ1) is 14.8. The molecule has 0 amide bonds. The summed E-state index contributed by atoms with van der Waals surface area (Å²) in [5.41, 5.74) is 5.99. The van der Waals surface area contributed by atoms with Gasteiger partial charge in [0.2, 0.25) is 10.0 Å². The third kappa shape index (κ3) is 2.79. The van der Waals surface area contributed by atoms with Gasteiger partial charge in [0.15, 0.2) is 0 Å². The Morgan fingerprint density at radius 1 is 1.45 bits per heavy atom. The van der Waals surface area contributed by atoms with Crippen LogP contribution in [0.5, 0.6) is 0 Å². The summed E-state index contributed by atoms with van der Waals surface area (Å²) in [5.74, 6) is 0.641. The lowest BCUT2D eigenvalue weighted by Crippen LogP contribution is -2.28. The van der Waals surface area contributed by atoms with Crippen molar-refractivity contribution < 1.29 is 8.42 Å². The van der Waals surface area contributed by atoms with Crippen molar-refractivity contribution in [3.63, 3.8) is 0 Å². The van der Waals surface area contributed by atoms with Gasteiger partial charge in [-0.2, -0.15) is 4.31 Å². The number of halogens is 1. The molecule has 0 spiro atoms. The van der Waals surface area contributed by atoms with E-state index in [2.05, 4.69) is 4.98 Å². The lowest BCUT2D eigenvalue weighted by Gasteiger charge is -2.17. The Balaban J connectivity index is 2.32. The Morgan fingerprint density at radius 3 is 2.70 bits per heavy atom. The average molecular weight is 315 g/mol. The topological polar surface area (TPSA) is 81.2 Å². The number of imidazole rings is 1. The molecule has 20 heavy (non-hydrogen) atoms. The van der Waals surface area contributed by atoms with Gasteiger partial charge in [0.05, 0.1) is 11.6 Å². The summed E-state index contributed by atoms with van der Waals surface area (Å²) in [6.45, 7) is 0.159. The molecule has 0 saturated heterocycles. The van der Waals surface area contributed by atoms with Gasteiger partial charge in [-0.15, -0.1) is 0 Å². The highest BCUT2D eigenvalue weighted by atomic mass is 35.5. The van der Waals surface area contributed by atoms with Gasteiger partial charge in [0.1, 0.15) is 10.7 Å². The number of sulfonamides is 1. The molecule has 1 heterocycles. The highest BCUT2D eigenvalue weighted by Crippen LogP contribution is 2.26. The summed E-state index contributed by atoms with van der Waals surface area (Å²) < 4.78 is 27.9. The molecule has 0 fully saturated rings. The Labute approximate surface area is 122 Å². The smallest absolute Gasteiger partial charge is 0.244 e. The van der Waals surface area contributed by atoms with Gasteiger partial charge in [0.25, 0.3) is 0 Å². The van der Waals surface area contributed by atoms with Crippen LogP contribution in [-0.4, -0.2) is 29.3 Å². The van der Waals surface area contributed by atoms with Crippen LogP contribution in [0.25, 0.3) is 0 Å². The van der Waals surface area contributed by atoms with Crippen LogP contribution in [0.3, 0.4) is 0 Å². The van der Waals surface area contributed by atoms with Gasteiger partial charge in [-0.05, 0) is 18.2 Å². The lowest BCUT2D eigenvalue weighted by molar-refractivity contribution is 0.451. The van der Waals surface area contributed by atoms with Gasteiger partial charge < -0.3 is 10.3 Å². The minimum atomic E-state index is -3.69. The SMILES string of the molecule is CN(Cc1nccn1C)S(=O)(=O)c1ccc(N)cc1Cl. The highest BCUT2D eigenvalue weighted by molar-refractivity contribution is 7.89. The zero-order valence-electron chi connectivity index (χ0n) is 11.1. The van der Waals surface area contributed by atoms with E-state index >= 15 is 0 Å². The molecule has 0 aliphatic rings. The molecule has 0 bridgehead atoms. The fourth-order valence-corrected chi connectivity index (χ4v) is 3.38. The number of nitrogens with two attached hydrogens (primary N) is 1. The zero-order chi connectivity index (χ0) is 14.9. The van der Waals surface area contributed by atoms with Gasteiger partial charge in [-0.3, -0.25) is 0 Å². The molecule has 1 aromatic carbocycles. The van der Waals surface area contributed by atoms with Crippen molar-refractivity contribution in [1.82, 2.24) is 13.9 Å². The van der Waals surface area contributed by atoms with Gasteiger partial charge in [0, 0.05) is 32.2 Å². The normalized spacial score (nSPS) is 12.0. The molecule has 2 aromatic rings. The fraction of sp³-hybridized carbons (Fsp3) is 0.250. The van der Waals surface area contributed by atoms with E-state index in [4.69, 9.17) is 17.3 Å². The van der Waals surface area contributed by atoms with E-state index in [9.17, 15) is 8.42 Å². The minimum absolute atomic E-state index is 0.0325. The van der Waals surface area contributed by atoms with Crippen LogP contribution >= 0.6 is 11.6 Å². The molecule has 108 valence electrons. The van der Waals surface area contributed by atoms with Crippen molar-refractivity contribution >= 4 is 27.3 Å². The van der Waals surface area contributed by atoms with Crippen molar-refractivity contribution in [3.8, 4) is 0 Å². The Hall–Kier alpha value is -1.57. The number of hydrogen-bond donors (Lipinski definition) is 1. The first-order valence-electron chi connectivity index (χ1n) is 5.80. The maximum atomic E-state index is 12.5. The van der Waals surface area contributed by atoms with Crippen molar-refractivity contribution in [2.75, 3.05) is 12.8 Å². The second-order valence-electron chi connectivity index (χ2n) is 4.41. The molecule has 0 saturated carbocycles. The van der Waals surface area contributed by atoms with E-state index in [1.807, 2.05) is 0 Å². The maximum Gasteiger partial charge on any atom is 0.244 e. The summed E-state index contributed by atoms with van der Waals surface area (Å²) in [7, 11) is -0.399. The van der Waals surface area contributed by atoms with Crippen molar-refractivity contribution in [1.29, 1.82) is 0 Å². The molecular weight excluding hydrogens is 300 g/mol. The number of nitrogen functional groups attached to an aromatic ring is 1. The molecule has 0 aliphatic carbocycles. The van der Waals surface area contributed by atoms with Crippen LogP contribution in [0.2, 0.25) is 5.02 Å². The number of rotatable bonds is 4. The number of nitrogens with zero attached hydrogens (tertiary/aromatic N) is 3. The number of aromatic nitrogens is 2. The Kier molecular flexibility index (Phi) is 4.03. The van der Waals surface area contributed by atoms with Crippen molar-refractivity contribution in [2.45, 2.75) is 11.4 Å². The van der Waals surface area contributed by atoms with Crippen molar-refractivity contribution in [2.24, 2.45) is 7.05 Å². The van der Waals surface area contributed by atoms with E-state index in [0.29, 0.717) is 11.5 Å². The predicted octanol–water partition coefficient (Wildman–Crippen LogP) is 1.48. The number of hydrogen-bond acceptors (Lipinski definition) is 4. The predicted molar refractivity (Wildman–Crippen MR) is 77.7 cm³/mol. The second kappa shape index (κ2) is 5.43. The average Bonchev–Trinajstić information content (AvgIpc) is 2.74. The number of anilines is 1. The number of aryl methyl sites for hydroxylation is 1. The molecule has 0 radical (unpaired) electrons. The summed E-state index contributed by atoms with van der Waals surface area (Å²) in [6, 6.07) is 4.33. The molecule has 0 aliphatic heterocycles. The molecule has 2 N–H and O–H groups in total. The monoisotopic (exact) mass is 314 g/mol. The van der Waals surface area contributed by atoms with Gasteiger partial charge in [-0.1, -0.05) is 11.6 Å². The summed E-state index contributed by atoms with van der Waals surface area (Å²) >= 11 is 5.96.